The van der Waals surface area contributed by atoms with Crippen LogP contribution in [0.2, 0.25) is 0 Å². The van der Waals surface area contributed by atoms with Crippen LogP contribution >= 0.6 is 0 Å². The van der Waals surface area contributed by atoms with Gasteiger partial charge in [-0.1, -0.05) is 6.42 Å². The average molecular weight is 341 g/mol. The Morgan fingerprint density at radius 3 is 2.96 bits per heavy atom. The van der Waals surface area contributed by atoms with Gasteiger partial charge in [-0.3, -0.25) is 5.10 Å². The van der Waals surface area contributed by atoms with E-state index in [2.05, 4.69) is 38.2 Å². The van der Waals surface area contributed by atoms with Crippen LogP contribution in [0.4, 0.5) is 5.82 Å². The van der Waals surface area contributed by atoms with Crippen LogP contribution in [0.3, 0.4) is 0 Å². The molecule has 1 atom stereocenters. The fraction of sp³-hybridized carbons (Fsp3) is 0.632. The number of anilines is 1. The highest BCUT2D eigenvalue weighted by molar-refractivity contribution is 5.41. The van der Waals surface area contributed by atoms with Crippen LogP contribution in [-0.2, 0) is 24.1 Å². The third-order valence-corrected chi connectivity index (χ3v) is 5.36. The number of aromatic nitrogens is 4. The molecule has 1 fully saturated rings. The van der Waals surface area contributed by atoms with Crippen LogP contribution in [0, 0.1) is 6.92 Å². The van der Waals surface area contributed by atoms with Gasteiger partial charge in [0.25, 0.3) is 0 Å². The summed E-state index contributed by atoms with van der Waals surface area (Å²) in [7, 11) is 2.09. The highest BCUT2D eigenvalue weighted by Crippen LogP contribution is 2.27. The maximum absolute atomic E-state index is 5.52. The van der Waals surface area contributed by atoms with E-state index in [9.17, 15) is 0 Å². The number of H-pyrrole nitrogens is 1. The Morgan fingerprint density at radius 1 is 1.24 bits per heavy atom. The third-order valence-electron chi connectivity index (χ3n) is 5.36. The van der Waals surface area contributed by atoms with Crippen molar-refractivity contribution in [1.29, 1.82) is 0 Å². The van der Waals surface area contributed by atoms with Crippen LogP contribution < -0.4 is 4.90 Å². The number of hydrogen-bond donors (Lipinski definition) is 1. The van der Waals surface area contributed by atoms with E-state index in [-0.39, 0.29) is 0 Å². The summed E-state index contributed by atoms with van der Waals surface area (Å²) in [4.78, 5) is 11.5. The van der Waals surface area contributed by atoms with Crippen molar-refractivity contribution < 1.29 is 4.74 Å². The van der Waals surface area contributed by atoms with Gasteiger partial charge in [-0.25, -0.2) is 9.97 Å². The second-order valence-corrected chi connectivity index (χ2v) is 7.30. The molecule has 6 heteroatoms. The summed E-state index contributed by atoms with van der Waals surface area (Å²) in [5.41, 5.74) is 5.04. The van der Waals surface area contributed by atoms with E-state index in [1.54, 1.807) is 0 Å². The molecule has 4 rings (SSSR count). The van der Waals surface area contributed by atoms with Gasteiger partial charge in [0.05, 0.1) is 24.5 Å². The van der Waals surface area contributed by atoms with Gasteiger partial charge in [0.2, 0.25) is 0 Å². The smallest absolute Gasteiger partial charge is 0.132 e. The van der Waals surface area contributed by atoms with Gasteiger partial charge in [0.15, 0.2) is 0 Å². The highest BCUT2D eigenvalue weighted by atomic mass is 16.5. The van der Waals surface area contributed by atoms with Crippen LogP contribution in [-0.4, -0.2) is 40.4 Å². The molecular formula is C19H27N5O. The van der Waals surface area contributed by atoms with E-state index in [1.807, 2.05) is 6.92 Å². The minimum Gasteiger partial charge on any atom is -0.381 e. The second kappa shape index (κ2) is 7.12. The molecule has 0 bridgehead atoms. The molecule has 3 heterocycles. The molecule has 6 nitrogen and oxygen atoms in total. The Bertz CT molecular complexity index is 735. The van der Waals surface area contributed by atoms with Gasteiger partial charge >= 0.3 is 0 Å². The van der Waals surface area contributed by atoms with Crippen LogP contribution in [0.15, 0.2) is 6.07 Å². The maximum atomic E-state index is 5.52. The molecule has 0 spiro atoms. The maximum Gasteiger partial charge on any atom is 0.132 e. The summed E-state index contributed by atoms with van der Waals surface area (Å²) in [6.07, 6.45) is 7.17. The molecule has 25 heavy (non-hydrogen) atoms. The molecular weight excluding hydrogens is 314 g/mol. The number of hydrogen-bond acceptors (Lipinski definition) is 5. The average Bonchev–Trinajstić information content (AvgIpc) is 3.20. The minimum absolute atomic E-state index is 0.399. The first-order valence-electron chi connectivity index (χ1n) is 9.40. The lowest BCUT2D eigenvalue weighted by molar-refractivity contribution is 0.193. The van der Waals surface area contributed by atoms with E-state index in [0.717, 1.165) is 56.4 Å². The monoisotopic (exact) mass is 341 g/mol. The number of ether oxygens (including phenoxy) is 1. The Labute approximate surface area is 149 Å². The molecule has 1 aliphatic carbocycles. The Morgan fingerprint density at radius 2 is 2.12 bits per heavy atom. The number of aromatic amines is 1. The molecule has 0 aromatic carbocycles. The van der Waals surface area contributed by atoms with Crippen molar-refractivity contribution in [1.82, 2.24) is 20.2 Å². The fourth-order valence-corrected chi connectivity index (χ4v) is 3.91. The van der Waals surface area contributed by atoms with Crippen molar-refractivity contribution >= 4 is 5.82 Å². The number of aryl methyl sites for hydroxylation is 2. The standard InChI is InChI=1S/C19H27N5O/c1-13-20-17(14-8-9-25-12-14)10-19(21-13)24(2)11-18-15-6-4-3-5-7-16(15)22-23-18/h10,14H,3-9,11-12H2,1-2H3,(H,22,23). The van der Waals surface area contributed by atoms with Crippen molar-refractivity contribution in [3.63, 3.8) is 0 Å². The highest BCUT2D eigenvalue weighted by Gasteiger charge is 2.22. The van der Waals surface area contributed by atoms with Crippen LogP contribution in [0.1, 0.15) is 60.1 Å². The lowest BCUT2D eigenvalue weighted by Gasteiger charge is -2.20. The van der Waals surface area contributed by atoms with E-state index in [4.69, 9.17) is 4.74 Å². The quantitative estimate of drug-likeness (QED) is 0.866. The lowest BCUT2D eigenvalue weighted by atomic mass is 10.0. The summed E-state index contributed by atoms with van der Waals surface area (Å²) in [5, 5.41) is 7.86. The SMILES string of the molecule is Cc1nc(C2CCOC2)cc(N(C)Cc2n[nH]c3c2CCCCC3)n1. The summed E-state index contributed by atoms with van der Waals surface area (Å²) in [6.45, 7) is 4.35. The van der Waals surface area contributed by atoms with E-state index in [1.165, 1.54) is 36.2 Å². The molecule has 2 aromatic heterocycles. The van der Waals surface area contributed by atoms with Crippen molar-refractivity contribution in [2.24, 2.45) is 0 Å². The van der Waals surface area contributed by atoms with Crippen LogP contribution in [0.5, 0.6) is 0 Å². The predicted molar refractivity (Wildman–Crippen MR) is 96.9 cm³/mol. The Balaban J connectivity index is 1.55. The number of nitrogens with one attached hydrogen (secondary N) is 1. The largest absolute Gasteiger partial charge is 0.381 e. The van der Waals surface area contributed by atoms with E-state index >= 15 is 0 Å². The number of nitrogens with zero attached hydrogens (tertiary/aromatic N) is 4. The molecule has 2 aliphatic rings. The first-order chi connectivity index (χ1) is 12.2. The lowest BCUT2D eigenvalue weighted by Crippen LogP contribution is -2.20. The molecule has 2 aromatic rings. The predicted octanol–water partition coefficient (Wildman–Crippen LogP) is 2.92. The van der Waals surface area contributed by atoms with E-state index < -0.39 is 0 Å². The van der Waals surface area contributed by atoms with Gasteiger partial charge in [0, 0.05) is 31.3 Å². The fourth-order valence-electron chi connectivity index (χ4n) is 3.91. The topological polar surface area (TPSA) is 66.9 Å². The summed E-state index contributed by atoms with van der Waals surface area (Å²) >= 11 is 0. The molecule has 1 N–H and O–H groups in total. The van der Waals surface area contributed by atoms with Crippen molar-refractivity contribution in [2.45, 2.75) is 57.9 Å². The van der Waals surface area contributed by atoms with Crippen molar-refractivity contribution in [3.8, 4) is 0 Å². The molecule has 0 saturated carbocycles. The first kappa shape index (κ1) is 16.5. The van der Waals surface area contributed by atoms with Gasteiger partial charge in [-0.15, -0.1) is 0 Å². The normalized spacial score (nSPS) is 20.3. The third kappa shape index (κ3) is 3.54. The summed E-state index contributed by atoms with van der Waals surface area (Å²) < 4.78 is 5.52. The molecule has 134 valence electrons. The zero-order valence-electron chi connectivity index (χ0n) is 15.2. The molecule has 1 saturated heterocycles. The minimum atomic E-state index is 0.399. The summed E-state index contributed by atoms with van der Waals surface area (Å²) in [6, 6.07) is 2.12. The van der Waals surface area contributed by atoms with Gasteiger partial charge < -0.3 is 9.64 Å². The first-order valence-corrected chi connectivity index (χ1v) is 9.40. The Kier molecular flexibility index (Phi) is 4.70. The molecule has 0 amide bonds. The number of rotatable bonds is 4. The van der Waals surface area contributed by atoms with Gasteiger partial charge in [0.1, 0.15) is 11.6 Å². The Hall–Kier alpha value is -1.95. The van der Waals surface area contributed by atoms with Gasteiger partial charge in [-0.05, 0) is 44.6 Å². The van der Waals surface area contributed by atoms with Crippen molar-refractivity contribution in [3.05, 3.63) is 34.5 Å². The molecule has 0 radical (unpaired) electrons. The second-order valence-electron chi connectivity index (χ2n) is 7.30. The molecule has 1 unspecified atom stereocenters. The van der Waals surface area contributed by atoms with Crippen molar-refractivity contribution in [2.75, 3.05) is 25.2 Å². The number of fused-ring (bicyclic) bond motifs is 1. The van der Waals surface area contributed by atoms with Gasteiger partial charge in [-0.2, -0.15) is 5.10 Å². The zero-order chi connectivity index (χ0) is 17.2. The van der Waals surface area contributed by atoms with Crippen LogP contribution in [0.25, 0.3) is 0 Å². The zero-order valence-corrected chi connectivity index (χ0v) is 15.2. The molecule has 1 aliphatic heterocycles. The summed E-state index contributed by atoms with van der Waals surface area (Å²) in [5.74, 6) is 2.20. The van der Waals surface area contributed by atoms with E-state index in [0.29, 0.717) is 5.92 Å².